The Morgan fingerprint density at radius 1 is 1.68 bits per heavy atom. The fraction of sp³-hybridized carbons (Fsp3) is 0.400. The summed E-state index contributed by atoms with van der Waals surface area (Å²) in [6, 6.07) is 0. The van der Waals surface area contributed by atoms with Crippen molar-refractivity contribution < 1.29 is 9.59 Å². The summed E-state index contributed by atoms with van der Waals surface area (Å²) in [5.41, 5.74) is 1.39. The molecule has 1 N–H and O–H groups in total. The second-order valence-corrected chi connectivity index (χ2v) is 6.66. The minimum Gasteiger partial charge on any atom is -0.295 e. The number of thiol groups is 1. The number of thioether (sulfide) groups is 2. The Hall–Kier alpha value is -0.930. The molecule has 0 bridgehead atoms. The largest absolute Gasteiger partial charge is 0.295 e. The second kappa shape index (κ2) is 5.22. The number of hydrogen-bond donors (Lipinski definition) is 2. The van der Waals surface area contributed by atoms with Gasteiger partial charge in [0.25, 0.3) is 0 Å². The Kier molecular flexibility index (Phi) is 3.59. The van der Waals surface area contributed by atoms with Crippen molar-refractivity contribution >= 4 is 47.2 Å². The average molecular weight is 314 g/mol. The van der Waals surface area contributed by atoms with Crippen molar-refractivity contribution in [3.05, 3.63) is 17.5 Å². The van der Waals surface area contributed by atoms with Crippen LogP contribution in [0.15, 0.2) is 22.5 Å². The molecule has 0 spiro atoms. The topological polar surface area (TPSA) is 79.0 Å². The third kappa shape index (κ3) is 2.41. The summed E-state index contributed by atoms with van der Waals surface area (Å²) in [5, 5.41) is 10.7. The number of aromatic amines is 1. The maximum atomic E-state index is 11.7. The van der Waals surface area contributed by atoms with Gasteiger partial charge in [-0.25, -0.2) is 0 Å². The van der Waals surface area contributed by atoms with Gasteiger partial charge in [-0.1, -0.05) is 24.4 Å². The van der Waals surface area contributed by atoms with Crippen molar-refractivity contribution in [2.24, 2.45) is 0 Å². The number of H-pyrrole nitrogens is 1. The molecule has 2 aliphatic rings. The molecule has 0 radical (unpaired) electrons. The molecule has 9 heteroatoms. The van der Waals surface area contributed by atoms with Crippen LogP contribution in [0.3, 0.4) is 0 Å². The van der Waals surface area contributed by atoms with Crippen LogP contribution >= 0.6 is 36.2 Å². The molecule has 0 aliphatic carbocycles. The summed E-state index contributed by atoms with van der Waals surface area (Å²) in [7, 11) is 0. The summed E-state index contributed by atoms with van der Waals surface area (Å²) >= 11 is 7.07. The first kappa shape index (κ1) is 13.1. The number of amides is 1. The number of hydrogen-bond acceptors (Lipinski definition) is 6. The van der Waals surface area contributed by atoms with E-state index >= 15 is 0 Å². The minimum absolute atomic E-state index is 0.00136. The maximum Gasteiger partial charge on any atom is 0.232 e. The lowest BCUT2D eigenvalue weighted by atomic mass is 10.1. The molecule has 3 rings (SSSR count). The molecule has 3 heterocycles. The number of nitrogens with one attached hydrogen (secondary N) is 1. The van der Waals surface area contributed by atoms with E-state index in [9.17, 15) is 9.59 Å². The van der Waals surface area contributed by atoms with Crippen molar-refractivity contribution in [2.45, 2.75) is 16.8 Å². The smallest absolute Gasteiger partial charge is 0.232 e. The molecule has 1 fully saturated rings. The van der Waals surface area contributed by atoms with Gasteiger partial charge in [-0.05, 0) is 5.57 Å². The molecule has 0 unspecified atom stereocenters. The minimum atomic E-state index is -0.339. The molecular weight excluding hydrogens is 304 g/mol. The first-order valence-electron chi connectivity index (χ1n) is 5.54. The SMILES string of the molecule is O=C(S)C1=C(CSc2cn[nH]n2)CS[C@@H]2CC(=O)N12. The average Bonchev–Trinajstić information content (AvgIpc) is 2.88. The number of carbonyl (C=O) groups excluding carboxylic acids is 2. The van der Waals surface area contributed by atoms with Crippen LogP contribution in [0, 0.1) is 0 Å². The maximum absolute atomic E-state index is 11.7. The van der Waals surface area contributed by atoms with E-state index in [0.717, 1.165) is 16.4 Å². The summed E-state index contributed by atoms with van der Waals surface area (Å²) in [6.07, 6.45) is 2.14. The zero-order valence-electron chi connectivity index (χ0n) is 9.70. The van der Waals surface area contributed by atoms with Gasteiger partial charge in [0, 0.05) is 11.5 Å². The Morgan fingerprint density at radius 2 is 2.53 bits per heavy atom. The van der Waals surface area contributed by atoms with Gasteiger partial charge in [0.2, 0.25) is 11.0 Å². The molecule has 0 saturated carbocycles. The number of carbonyl (C=O) groups is 2. The summed E-state index contributed by atoms with van der Waals surface area (Å²) in [5.74, 6) is 1.36. The van der Waals surface area contributed by atoms with Gasteiger partial charge >= 0.3 is 0 Å². The zero-order valence-corrected chi connectivity index (χ0v) is 12.2. The van der Waals surface area contributed by atoms with E-state index in [0.29, 0.717) is 17.9 Å². The highest BCUT2D eigenvalue weighted by atomic mass is 32.2. The van der Waals surface area contributed by atoms with Crippen molar-refractivity contribution in [1.82, 2.24) is 20.3 Å². The van der Waals surface area contributed by atoms with E-state index in [1.165, 1.54) is 11.8 Å². The van der Waals surface area contributed by atoms with Crippen molar-refractivity contribution in [3.8, 4) is 0 Å². The van der Waals surface area contributed by atoms with Gasteiger partial charge in [-0.15, -0.1) is 16.9 Å². The highest BCUT2D eigenvalue weighted by molar-refractivity contribution is 8.01. The van der Waals surface area contributed by atoms with Gasteiger partial charge < -0.3 is 0 Å². The standard InChI is InChI=1S/C10H10N4O2S3/c15-7-1-8-14(7)9(10(16)17)5(4-19-8)3-18-6-2-11-13-12-6/h2,8H,1,3-4H2,(H,16,17)(H,11,12,13)/t8-/m1/s1. The van der Waals surface area contributed by atoms with E-state index in [1.807, 2.05) is 0 Å². The molecule has 1 aromatic rings. The van der Waals surface area contributed by atoms with Crippen molar-refractivity contribution in [2.75, 3.05) is 11.5 Å². The van der Waals surface area contributed by atoms with Gasteiger partial charge in [0.05, 0.1) is 23.7 Å². The van der Waals surface area contributed by atoms with Crippen LogP contribution in [0.2, 0.25) is 0 Å². The zero-order chi connectivity index (χ0) is 13.4. The van der Waals surface area contributed by atoms with Crippen LogP contribution in [-0.2, 0) is 9.59 Å². The third-order valence-electron chi connectivity index (χ3n) is 2.92. The summed E-state index contributed by atoms with van der Waals surface area (Å²) < 4.78 is 0. The Bertz CT molecular complexity index is 557. The Labute approximate surface area is 123 Å². The van der Waals surface area contributed by atoms with E-state index < -0.39 is 0 Å². The van der Waals surface area contributed by atoms with Gasteiger partial charge in [0.1, 0.15) is 5.03 Å². The van der Waals surface area contributed by atoms with Gasteiger partial charge in [-0.2, -0.15) is 10.3 Å². The fourth-order valence-corrected chi connectivity index (χ4v) is 4.46. The highest BCUT2D eigenvalue weighted by Gasteiger charge is 2.44. The van der Waals surface area contributed by atoms with Crippen LogP contribution in [-0.4, -0.2) is 48.2 Å². The van der Waals surface area contributed by atoms with Gasteiger partial charge in [-0.3, -0.25) is 14.5 Å². The monoisotopic (exact) mass is 314 g/mol. The van der Waals surface area contributed by atoms with Crippen LogP contribution in [0.5, 0.6) is 0 Å². The quantitative estimate of drug-likeness (QED) is 0.489. The molecule has 6 nitrogen and oxygen atoms in total. The molecule has 2 aliphatic heterocycles. The second-order valence-electron chi connectivity index (χ2n) is 4.09. The number of fused-ring (bicyclic) bond motifs is 1. The number of β-lactam (4-membered cyclic amide) rings is 1. The fourth-order valence-electron chi connectivity index (χ4n) is 2.01. The molecule has 1 saturated heterocycles. The van der Waals surface area contributed by atoms with Crippen LogP contribution < -0.4 is 0 Å². The van der Waals surface area contributed by atoms with E-state index in [-0.39, 0.29) is 16.4 Å². The van der Waals surface area contributed by atoms with E-state index in [2.05, 4.69) is 28.0 Å². The molecule has 100 valence electrons. The summed E-state index contributed by atoms with van der Waals surface area (Å²) in [6.45, 7) is 0. The van der Waals surface area contributed by atoms with Crippen LogP contribution in [0.25, 0.3) is 0 Å². The van der Waals surface area contributed by atoms with E-state index in [4.69, 9.17) is 0 Å². The van der Waals surface area contributed by atoms with Gasteiger partial charge in [0.15, 0.2) is 0 Å². The third-order valence-corrected chi connectivity index (χ3v) is 5.40. The number of aromatic nitrogens is 3. The highest BCUT2D eigenvalue weighted by Crippen LogP contribution is 2.41. The van der Waals surface area contributed by atoms with E-state index in [1.54, 1.807) is 22.9 Å². The van der Waals surface area contributed by atoms with Crippen molar-refractivity contribution in [1.29, 1.82) is 0 Å². The lowest BCUT2D eigenvalue weighted by molar-refractivity contribution is -0.140. The van der Waals surface area contributed by atoms with Crippen molar-refractivity contribution in [3.63, 3.8) is 0 Å². The predicted molar refractivity (Wildman–Crippen MR) is 75.8 cm³/mol. The number of nitrogens with zero attached hydrogens (tertiary/aromatic N) is 3. The Balaban J connectivity index is 1.81. The molecule has 19 heavy (non-hydrogen) atoms. The van der Waals surface area contributed by atoms with Crippen LogP contribution in [0.4, 0.5) is 0 Å². The number of rotatable bonds is 4. The molecule has 1 atom stereocenters. The molecular formula is C10H10N4O2S3. The normalized spacial score (nSPS) is 22.3. The predicted octanol–water partition coefficient (Wildman–Crippen LogP) is 0.912. The molecule has 1 amide bonds. The molecule has 0 aromatic carbocycles. The molecule has 1 aromatic heterocycles. The first-order valence-corrected chi connectivity index (χ1v) is 8.02. The Morgan fingerprint density at radius 3 is 3.16 bits per heavy atom. The summed E-state index contributed by atoms with van der Waals surface area (Å²) in [4.78, 5) is 24.9. The lowest BCUT2D eigenvalue weighted by Gasteiger charge is -2.44. The van der Waals surface area contributed by atoms with Crippen LogP contribution in [0.1, 0.15) is 6.42 Å². The first-order chi connectivity index (χ1) is 9.16. The lowest BCUT2D eigenvalue weighted by Crippen LogP contribution is -2.53.